The van der Waals surface area contributed by atoms with Gasteiger partial charge in [0.05, 0.1) is 29.5 Å². The van der Waals surface area contributed by atoms with Crippen molar-refractivity contribution in [2.45, 2.75) is 19.5 Å². The van der Waals surface area contributed by atoms with Crippen LogP contribution in [-0.2, 0) is 31.4 Å². The zero-order valence-corrected chi connectivity index (χ0v) is 17.1. The largest absolute Gasteiger partial charge is 0.328 e. The lowest BCUT2D eigenvalue weighted by Crippen LogP contribution is -2.28. The van der Waals surface area contributed by atoms with Crippen LogP contribution in [0, 0.1) is 0 Å². The molecule has 0 radical (unpaired) electrons. The van der Waals surface area contributed by atoms with E-state index in [0.717, 1.165) is 11.3 Å². The first kappa shape index (κ1) is 20.5. The van der Waals surface area contributed by atoms with Crippen LogP contribution < -0.4 is 5.56 Å². The number of hydrogen-bond donors (Lipinski definition) is 1. The van der Waals surface area contributed by atoms with Crippen molar-refractivity contribution in [1.82, 2.24) is 24.9 Å². The summed E-state index contributed by atoms with van der Waals surface area (Å²) in [6.07, 6.45) is 6.89. The van der Waals surface area contributed by atoms with E-state index in [-0.39, 0.29) is 17.0 Å². The molecule has 3 aromatic rings. The third kappa shape index (κ3) is 3.96. The SMILES string of the molecule is C=C/C=C(\C=C(/CF)C(=O)N1Cc2cnn(C)c2C1)Cc1n[nH]c(=O)c2ccccc12. The summed E-state index contributed by atoms with van der Waals surface area (Å²) in [5.41, 5.74) is 3.01. The van der Waals surface area contributed by atoms with Gasteiger partial charge in [0.2, 0.25) is 0 Å². The molecule has 0 fully saturated rings. The Morgan fingerprint density at radius 2 is 2.06 bits per heavy atom. The minimum Gasteiger partial charge on any atom is -0.328 e. The number of allylic oxidation sites excluding steroid dienone is 4. The summed E-state index contributed by atoms with van der Waals surface area (Å²) < 4.78 is 15.6. The molecule has 1 aliphatic rings. The average Bonchev–Trinajstić information content (AvgIpc) is 3.36. The quantitative estimate of drug-likeness (QED) is 0.492. The molecule has 0 saturated heterocycles. The fourth-order valence-electron chi connectivity index (χ4n) is 3.82. The number of amides is 1. The van der Waals surface area contributed by atoms with Crippen LogP contribution >= 0.6 is 0 Å². The number of aromatic amines is 1. The lowest BCUT2D eigenvalue weighted by atomic mass is 10.0. The highest BCUT2D eigenvalue weighted by molar-refractivity contribution is 5.94. The molecule has 4 rings (SSSR count). The molecule has 3 heterocycles. The van der Waals surface area contributed by atoms with Gasteiger partial charge >= 0.3 is 0 Å². The number of rotatable bonds is 6. The van der Waals surface area contributed by atoms with Crippen molar-refractivity contribution in [3.8, 4) is 0 Å². The van der Waals surface area contributed by atoms with Gasteiger partial charge in [0.1, 0.15) is 6.67 Å². The van der Waals surface area contributed by atoms with Gasteiger partial charge in [0, 0.05) is 36.5 Å². The number of benzene rings is 1. The fraction of sp³-hybridized carbons (Fsp3) is 0.217. The molecule has 0 spiro atoms. The number of nitrogens with one attached hydrogen (secondary N) is 1. The van der Waals surface area contributed by atoms with E-state index in [1.54, 1.807) is 46.1 Å². The number of aromatic nitrogens is 4. The Bertz CT molecular complexity index is 1280. The van der Waals surface area contributed by atoms with Crippen LogP contribution in [0.15, 0.2) is 71.2 Å². The van der Waals surface area contributed by atoms with Gasteiger partial charge in [-0.3, -0.25) is 14.3 Å². The Morgan fingerprint density at radius 3 is 2.77 bits per heavy atom. The van der Waals surface area contributed by atoms with E-state index in [2.05, 4.69) is 21.9 Å². The Hall–Kier alpha value is -3.81. The normalized spacial score (nSPS) is 14.2. The Balaban J connectivity index is 1.62. The summed E-state index contributed by atoms with van der Waals surface area (Å²) >= 11 is 0. The molecule has 0 unspecified atom stereocenters. The first-order valence-corrected chi connectivity index (χ1v) is 9.85. The Kier molecular flexibility index (Phi) is 5.62. The van der Waals surface area contributed by atoms with Gasteiger partial charge in [-0.05, 0) is 17.7 Å². The van der Waals surface area contributed by atoms with Crippen LogP contribution in [0.2, 0.25) is 0 Å². The molecule has 0 aliphatic carbocycles. The molecule has 1 N–H and O–H groups in total. The number of fused-ring (bicyclic) bond motifs is 2. The van der Waals surface area contributed by atoms with E-state index < -0.39 is 6.67 Å². The van der Waals surface area contributed by atoms with Crippen molar-refractivity contribution < 1.29 is 9.18 Å². The molecule has 1 aromatic carbocycles. The zero-order chi connectivity index (χ0) is 22.0. The van der Waals surface area contributed by atoms with E-state index in [0.29, 0.717) is 41.5 Å². The van der Waals surface area contributed by atoms with Crippen LogP contribution in [0.5, 0.6) is 0 Å². The highest BCUT2D eigenvalue weighted by Gasteiger charge is 2.28. The average molecular weight is 419 g/mol. The molecule has 31 heavy (non-hydrogen) atoms. The molecule has 1 amide bonds. The summed E-state index contributed by atoms with van der Waals surface area (Å²) in [4.78, 5) is 26.6. The van der Waals surface area contributed by atoms with Crippen LogP contribution in [0.4, 0.5) is 4.39 Å². The number of alkyl halides is 1. The van der Waals surface area contributed by atoms with Gasteiger partial charge in [-0.1, -0.05) is 36.9 Å². The number of aryl methyl sites for hydroxylation is 1. The summed E-state index contributed by atoms with van der Waals surface area (Å²) in [6, 6.07) is 7.16. The predicted octanol–water partition coefficient (Wildman–Crippen LogP) is 2.75. The van der Waals surface area contributed by atoms with E-state index >= 15 is 0 Å². The van der Waals surface area contributed by atoms with Gasteiger partial charge < -0.3 is 4.90 Å². The lowest BCUT2D eigenvalue weighted by molar-refractivity contribution is -0.128. The molecular weight excluding hydrogens is 397 g/mol. The highest BCUT2D eigenvalue weighted by Crippen LogP contribution is 2.24. The third-order valence-electron chi connectivity index (χ3n) is 5.39. The number of carbonyl (C=O) groups excluding carboxylic acids is 1. The molecule has 0 bridgehead atoms. The monoisotopic (exact) mass is 419 g/mol. The number of H-pyrrole nitrogens is 1. The first-order chi connectivity index (χ1) is 15.0. The van der Waals surface area contributed by atoms with Gasteiger partial charge in [0.15, 0.2) is 0 Å². The summed E-state index contributed by atoms with van der Waals surface area (Å²) in [7, 11) is 1.82. The smallest absolute Gasteiger partial charge is 0.272 e. The second-order valence-electron chi connectivity index (χ2n) is 7.40. The first-order valence-electron chi connectivity index (χ1n) is 9.85. The molecular formula is C23H22FN5O2. The molecule has 158 valence electrons. The Morgan fingerprint density at radius 1 is 1.29 bits per heavy atom. The minimum atomic E-state index is -0.891. The molecule has 1 aliphatic heterocycles. The fourth-order valence-corrected chi connectivity index (χ4v) is 3.82. The van der Waals surface area contributed by atoms with Gasteiger partial charge in [-0.15, -0.1) is 0 Å². The number of hydrogen-bond acceptors (Lipinski definition) is 4. The predicted molar refractivity (Wildman–Crippen MR) is 116 cm³/mol. The number of halogens is 1. The second kappa shape index (κ2) is 8.51. The third-order valence-corrected chi connectivity index (χ3v) is 5.39. The van der Waals surface area contributed by atoms with E-state index in [1.807, 2.05) is 19.2 Å². The van der Waals surface area contributed by atoms with Crippen molar-refractivity contribution in [2.75, 3.05) is 6.67 Å². The summed E-state index contributed by atoms with van der Waals surface area (Å²) in [5.74, 6) is -0.354. The van der Waals surface area contributed by atoms with E-state index in [9.17, 15) is 14.0 Å². The maximum absolute atomic E-state index is 13.9. The molecule has 2 aromatic heterocycles. The van der Waals surface area contributed by atoms with Crippen LogP contribution in [0.1, 0.15) is 17.0 Å². The maximum atomic E-state index is 13.9. The van der Waals surface area contributed by atoms with Crippen molar-refractivity contribution in [3.05, 3.63) is 93.7 Å². The van der Waals surface area contributed by atoms with Crippen molar-refractivity contribution in [2.24, 2.45) is 7.05 Å². The standard InChI is InChI=1S/C23H22FN5O2/c1-3-6-15(10-20-18-7-4-5-8-19(18)22(30)27-26-20)9-16(11-24)23(31)29-13-17-12-25-28(2)21(17)14-29/h3-9,12H,1,10-11,13-14H2,2H3,(H,27,30)/b15-6+,16-9+. The van der Waals surface area contributed by atoms with Crippen molar-refractivity contribution >= 4 is 16.7 Å². The second-order valence-corrected chi connectivity index (χ2v) is 7.40. The van der Waals surface area contributed by atoms with E-state index in [1.165, 1.54) is 0 Å². The summed E-state index contributed by atoms with van der Waals surface area (Å²) in [6.45, 7) is 3.64. The maximum Gasteiger partial charge on any atom is 0.272 e. The Labute approximate surface area is 178 Å². The zero-order valence-electron chi connectivity index (χ0n) is 17.1. The van der Waals surface area contributed by atoms with Crippen molar-refractivity contribution in [1.29, 1.82) is 0 Å². The topological polar surface area (TPSA) is 83.9 Å². The van der Waals surface area contributed by atoms with Gasteiger partial charge in [-0.25, -0.2) is 9.49 Å². The molecule has 0 atom stereocenters. The minimum absolute atomic E-state index is 0.0580. The number of nitrogens with zero attached hydrogens (tertiary/aromatic N) is 4. The van der Waals surface area contributed by atoms with E-state index in [4.69, 9.17) is 0 Å². The van der Waals surface area contributed by atoms with Crippen LogP contribution in [0.25, 0.3) is 10.8 Å². The lowest BCUT2D eigenvalue weighted by Gasteiger charge is -2.17. The van der Waals surface area contributed by atoms with Crippen LogP contribution in [-0.4, -0.2) is 37.5 Å². The number of carbonyl (C=O) groups is 1. The highest BCUT2D eigenvalue weighted by atomic mass is 19.1. The van der Waals surface area contributed by atoms with Crippen molar-refractivity contribution in [3.63, 3.8) is 0 Å². The van der Waals surface area contributed by atoms with Gasteiger partial charge in [-0.2, -0.15) is 10.2 Å². The summed E-state index contributed by atoms with van der Waals surface area (Å²) in [5, 5.41) is 12.1. The molecule has 7 nitrogen and oxygen atoms in total. The van der Waals surface area contributed by atoms with Crippen LogP contribution in [0.3, 0.4) is 0 Å². The molecule has 8 heteroatoms. The molecule has 0 saturated carbocycles. The van der Waals surface area contributed by atoms with Gasteiger partial charge in [0.25, 0.3) is 11.5 Å².